The number of ether oxygens (including phenoxy) is 2. The quantitative estimate of drug-likeness (QED) is 0.739. The zero-order valence-corrected chi connectivity index (χ0v) is 17.8. The van der Waals surface area contributed by atoms with E-state index in [0.29, 0.717) is 48.7 Å². The average Bonchev–Trinajstić information content (AvgIpc) is 2.73. The van der Waals surface area contributed by atoms with Crippen LogP contribution in [0.25, 0.3) is 0 Å². The third-order valence-electron chi connectivity index (χ3n) is 6.94. The predicted molar refractivity (Wildman–Crippen MR) is 110 cm³/mol. The summed E-state index contributed by atoms with van der Waals surface area (Å²) < 4.78 is 38.6. The Balaban J connectivity index is 1.16. The van der Waals surface area contributed by atoms with Crippen molar-refractivity contribution < 1.29 is 17.9 Å². The zero-order valence-electron chi connectivity index (χ0n) is 17.0. The van der Waals surface area contributed by atoms with E-state index in [4.69, 9.17) is 9.47 Å². The summed E-state index contributed by atoms with van der Waals surface area (Å²) in [6.07, 6.45) is 6.85. The van der Waals surface area contributed by atoms with Crippen LogP contribution in [-0.2, 0) is 10.0 Å². The van der Waals surface area contributed by atoms with Gasteiger partial charge >= 0.3 is 0 Å². The molecule has 5 rings (SSSR count). The molecule has 0 aromatic heterocycles. The maximum atomic E-state index is 13.0. The van der Waals surface area contributed by atoms with Crippen LogP contribution in [0.4, 0.5) is 0 Å². The molecule has 0 bridgehead atoms. The Bertz CT molecular complexity index is 826. The Morgan fingerprint density at radius 3 is 2.10 bits per heavy atom. The number of fused-ring (bicyclic) bond motifs is 1. The van der Waals surface area contributed by atoms with E-state index in [1.165, 1.54) is 32.1 Å². The molecule has 160 valence electrons. The van der Waals surface area contributed by atoms with Gasteiger partial charge in [0.2, 0.25) is 10.0 Å². The van der Waals surface area contributed by atoms with Crippen molar-refractivity contribution in [3.63, 3.8) is 0 Å². The number of nitrogens with zero attached hydrogens (tertiary/aromatic N) is 3. The van der Waals surface area contributed by atoms with Crippen molar-refractivity contribution in [2.24, 2.45) is 0 Å². The molecule has 4 aliphatic rings. The van der Waals surface area contributed by atoms with Crippen LogP contribution in [-0.4, -0.2) is 87.1 Å². The van der Waals surface area contributed by atoms with Gasteiger partial charge in [0.05, 0.1) is 4.90 Å². The van der Waals surface area contributed by atoms with Crippen molar-refractivity contribution >= 4 is 10.0 Å². The molecule has 8 heteroatoms. The van der Waals surface area contributed by atoms with E-state index < -0.39 is 10.0 Å². The number of sulfonamides is 1. The molecule has 2 saturated heterocycles. The highest BCUT2D eigenvalue weighted by molar-refractivity contribution is 7.89. The van der Waals surface area contributed by atoms with Crippen molar-refractivity contribution in [3.8, 4) is 11.5 Å². The highest BCUT2D eigenvalue weighted by atomic mass is 32.2. The number of hydrogen-bond acceptors (Lipinski definition) is 6. The standard InChI is InChI=1S/C21H31N3O4S/c25-29(26,19-6-7-20-21(14-19)28-13-12-27-20)24-15-18(16-24)23-10-8-22(9-11-23)17-4-2-1-3-5-17/h6-7,14,17-18H,1-5,8-13,15-16H2. The lowest BCUT2D eigenvalue weighted by molar-refractivity contribution is 0.0202. The maximum absolute atomic E-state index is 13.0. The molecule has 1 saturated carbocycles. The first kappa shape index (κ1) is 19.6. The molecule has 1 aromatic carbocycles. The van der Waals surface area contributed by atoms with Crippen molar-refractivity contribution in [1.29, 1.82) is 0 Å². The molecule has 0 spiro atoms. The van der Waals surface area contributed by atoms with Crippen LogP contribution < -0.4 is 9.47 Å². The van der Waals surface area contributed by atoms with E-state index >= 15 is 0 Å². The summed E-state index contributed by atoms with van der Waals surface area (Å²) in [5.74, 6) is 1.14. The van der Waals surface area contributed by atoms with Crippen LogP contribution in [0.15, 0.2) is 23.1 Å². The lowest BCUT2D eigenvalue weighted by atomic mass is 9.93. The van der Waals surface area contributed by atoms with Crippen molar-refractivity contribution in [2.45, 2.75) is 49.1 Å². The summed E-state index contributed by atoms with van der Waals surface area (Å²) in [5.41, 5.74) is 0. The minimum atomic E-state index is -3.47. The van der Waals surface area contributed by atoms with Crippen LogP contribution in [0, 0.1) is 0 Å². The normalized spacial score (nSPS) is 25.7. The number of benzene rings is 1. The Morgan fingerprint density at radius 1 is 0.793 bits per heavy atom. The van der Waals surface area contributed by atoms with Gasteiger partial charge in [-0.1, -0.05) is 19.3 Å². The van der Waals surface area contributed by atoms with Crippen LogP contribution in [0.1, 0.15) is 32.1 Å². The molecule has 0 amide bonds. The van der Waals surface area contributed by atoms with Crippen LogP contribution in [0.5, 0.6) is 11.5 Å². The molecular formula is C21H31N3O4S. The monoisotopic (exact) mass is 421 g/mol. The second kappa shape index (κ2) is 8.06. The summed E-state index contributed by atoms with van der Waals surface area (Å²) in [6, 6.07) is 6.04. The van der Waals surface area contributed by atoms with Gasteiger partial charge in [-0.15, -0.1) is 0 Å². The average molecular weight is 422 g/mol. The van der Waals surface area contributed by atoms with Crippen molar-refractivity contribution in [3.05, 3.63) is 18.2 Å². The van der Waals surface area contributed by atoms with E-state index in [0.717, 1.165) is 32.2 Å². The van der Waals surface area contributed by atoms with Gasteiger partial charge in [0, 0.05) is 57.4 Å². The van der Waals surface area contributed by atoms with Gasteiger partial charge in [0.25, 0.3) is 0 Å². The summed E-state index contributed by atoms with van der Waals surface area (Å²) in [5, 5.41) is 0. The molecule has 0 N–H and O–H groups in total. The van der Waals surface area contributed by atoms with Crippen molar-refractivity contribution in [2.75, 3.05) is 52.5 Å². The first-order valence-corrected chi connectivity index (χ1v) is 12.4. The summed E-state index contributed by atoms with van der Waals surface area (Å²) >= 11 is 0. The highest BCUT2D eigenvalue weighted by Gasteiger charge is 2.41. The fourth-order valence-electron chi connectivity index (χ4n) is 5.09. The SMILES string of the molecule is O=S(=O)(c1ccc2c(c1)OCCO2)N1CC(N2CCN(C3CCCCC3)CC2)C1. The first-order valence-electron chi connectivity index (χ1n) is 11.0. The molecular weight excluding hydrogens is 390 g/mol. The summed E-state index contributed by atoms with van der Waals surface area (Å²) in [6.45, 7) is 6.47. The van der Waals surface area contributed by atoms with E-state index in [-0.39, 0.29) is 0 Å². The van der Waals surface area contributed by atoms with Gasteiger partial charge < -0.3 is 9.47 Å². The van der Waals surface area contributed by atoms with Gasteiger partial charge in [0.15, 0.2) is 11.5 Å². The first-order chi connectivity index (χ1) is 14.1. The van der Waals surface area contributed by atoms with Gasteiger partial charge in [0.1, 0.15) is 13.2 Å². The topological polar surface area (TPSA) is 62.3 Å². The van der Waals surface area contributed by atoms with E-state index in [9.17, 15) is 8.42 Å². The molecule has 3 aliphatic heterocycles. The molecule has 0 atom stereocenters. The van der Waals surface area contributed by atoms with Gasteiger partial charge in [-0.25, -0.2) is 8.42 Å². The van der Waals surface area contributed by atoms with E-state index in [2.05, 4.69) is 9.80 Å². The maximum Gasteiger partial charge on any atom is 0.243 e. The summed E-state index contributed by atoms with van der Waals surface area (Å²) in [7, 11) is -3.47. The Hall–Kier alpha value is -1.35. The molecule has 1 aliphatic carbocycles. The number of hydrogen-bond donors (Lipinski definition) is 0. The molecule has 0 radical (unpaired) electrons. The van der Waals surface area contributed by atoms with Crippen LogP contribution in [0.3, 0.4) is 0 Å². The third-order valence-corrected chi connectivity index (χ3v) is 8.76. The minimum Gasteiger partial charge on any atom is -0.486 e. The van der Waals surface area contributed by atoms with Gasteiger partial charge in [-0.05, 0) is 25.0 Å². The van der Waals surface area contributed by atoms with E-state index in [1.54, 1.807) is 22.5 Å². The smallest absolute Gasteiger partial charge is 0.243 e. The second-order valence-electron chi connectivity index (χ2n) is 8.65. The molecule has 29 heavy (non-hydrogen) atoms. The zero-order chi connectivity index (χ0) is 19.8. The number of piperazine rings is 1. The predicted octanol–water partition coefficient (Wildman–Crippen LogP) is 1.78. The molecule has 7 nitrogen and oxygen atoms in total. The Labute approximate surface area is 173 Å². The van der Waals surface area contributed by atoms with Gasteiger partial charge in [-0.3, -0.25) is 9.80 Å². The summed E-state index contributed by atoms with van der Waals surface area (Å²) in [4.78, 5) is 5.44. The Kier molecular flexibility index (Phi) is 5.45. The fourth-order valence-corrected chi connectivity index (χ4v) is 6.62. The lowest BCUT2D eigenvalue weighted by Gasteiger charge is -2.48. The lowest BCUT2D eigenvalue weighted by Crippen LogP contribution is -2.64. The third kappa shape index (κ3) is 3.87. The fraction of sp³-hybridized carbons (Fsp3) is 0.714. The van der Waals surface area contributed by atoms with Crippen molar-refractivity contribution in [1.82, 2.24) is 14.1 Å². The minimum absolute atomic E-state index is 0.294. The molecule has 3 fully saturated rings. The van der Waals surface area contributed by atoms with Crippen LogP contribution >= 0.6 is 0 Å². The Morgan fingerprint density at radius 2 is 1.41 bits per heavy atom. The molecule has 1 aromatic rings. The molecule has 3 heterocycles. The van der Waals surface area contributed by atoms with Crippen LogP contribution in [0.2, 0.25) is 0 Å². The van der Waals surface area contributed by atoms with E-state index in [1.807, 2.05) is 0 Å². The second-order valence-corrected chi connectivity index (χ2v) is 10.6. The highest BCUT2D eigenvalue weighted by Crippen LogP contribution is 2.34. The number of rotatable bonds is 4. The largest absolute Gasteiger partial charge is 0.486 e. The van der Waals surface area contributed by atoms with Gasteiger partial charge in [-0.2, -0.15) is 4.31 Å². The molecule has 0 unspecified atom stereocenters.